The van der Waals surface area contributed by atoms with Crippen LogP contribution in [0.4, 0.5) is 0 Å². The molecule has 1 aromatic rings. The highest BCUT2D eigenvalue weighted by Gasteiger charge is 2.32. The van der Waals surface area contributed by atoms with Crippen molar-refractivity contribution in [2.24, 2.45) is 5.73 Å². The lowest BCUT2D eigenvalue weighted by Crippen LogP contribution is -2.45. The summed E-state index contributed by atoms with van der Waals surface area (Å²) in [6, 6.07) is 7.17. The van der Waals surface area contributed by atoms with Gasteiger partial charge in [-0.05, 0) is 30.5 Å². The first kappa shape index (κ1) is 17.2. The van der Waals surface area contributed by atoms with Gasteiger partial charge in [-0.1, -0.05) is 23.7 Å². The van der Waals surface area contributed by atoms with E-state index in [1.807, 2.05) is 29.2 Å². The maximum Gasteiger partial charge on any atom is 0.242 e. The Morgan fingerprint density at radius 3 is 2.75 bits per heavy atom. The molecule has 112 valence electrons. The van der Waals surface area contributed by atoms with Crippen molar-refractivity contribution in [3.63, 3.8) is 0 Å². The minimum atomic E-state index is -0.585. The van der Waals surface area contributed by atoms with Crippen molar-refractivity contribution in [1.29, 1.82) is 0 Å². The fourth-order valence-corrected chi connectivity index (χ4v) is 2.65. The molecule has 2 N–H and O–H groups in total. The van der Waals surface area contributed by atoms with Gasteiger partial charge in [0.25, 0.3) is 0 Å². The van der Waals surface area contributed by atoms with Crippen LogP contribution in [0.1, 0.15) is 24.4 Å². The van der Waals surface area contributed by atoms with Crippen molar-refractivity contribution in [3.05, 3.63) is 34.9 Å². The van der Waals surface area contributed by atoms with Crippen LogP contribution in [0.25, 0.3) is 0 Å². The van der Waals surface area contributed by atoms with E-state index in [0.717, 1.165) is 24.9 Å². The third-order valence-electron chi connectivity index (χ3n) is 3.45. The second-order valence-corrected chi connectivity index (χ2v) is 5.24. The van der Waals surface area contributed by atoms with Crippen LogP contribution < -0.4 is 5.73 Å². The lowest BCUT2D eigenvalue weighted by molar-refractivity contribution is -0.134. The van der Waals surface area contributed by atoms with E-state index in [4.69, 9.17) is 22.1 Å². The quantitative estimate of drug-likeness (QED) is 0.927. The van der Waals surface area contributed by atoms with Gasteiger partial charge in [-0.15, -0.1) is 12.4 Å². The number of nitrogens with zero attached hydrogens (tertiary/aromatic N) is 1. The van der Waals surface area contributed by atoms with Gasteiger partial charge in [0.15, 0.2) is 0 Å². The molecular weight excluding hydrogens is 299 g/mol. The molecule has 1 aromatic carbocycles. The van der Waals surface area contributed by atoms with E-state index in [2.05, 4.69) is 0 Å². The zero-order valence-corrected chi connectivity index (χ0v) is 13.0. The average Bonchev–Trinajstić information content (AvgIpc) is 2.88. The van der Waals surface area contributed by atoms with Gasteiger partial charge in [-0.2, -0.15) is 0 Å². The molecule has 4 nitrogen and oxygen atoms in total. The Labute approximate surface area is 130 Å². The molecule has 1 saturated heterocycles. The van der Waals surface area contributed by atoms with Crippen LogP contribution in [0.2, 0.25) is 5.02 Å². The van der Waals surface area contributed by atoms with Gasteiger partial charge in [-0.3, -0.25) is 4.79 Å². The Morgan fingerprint density at radius 2 is 2.15 bits per heavy atom. The monoisotopic (exact) mass is 318 g/mol. The molecule has 20 heavy (non-hydrogen) atoms. The second-order valence-electron chi connectivity index (χ2n) is 4.80. The molecule has 1 fully saturated rings. The van der Waals surface area contributed by atoms with Gasteiger partial charge >= 0.3 is 0 Å². The first-order valence-electron chi connectivity index (χ1n) is 6.44. The summed E-state index contributed by atoms with van der Waals surface area (Å²) in [6.45, 7) is 1.01. The normalized spacial score (nSPS) is 19.6. The number of likely N-dealkylation sites (tertiary alicyclic amines) is 1. The number of hydrogen-bond donors (Lipinski definition) is 1. The highest BCUT2D eigenvalue weighted by atomic mass is 35.5. The van der Waals surface area contributed by atoms with E-state index >= 15 is 0 Å². The van der Waals surface area contributed by atoms with E-state index < -0.39 is 6.04 Å². The summed E-state index contributed by atoms with van der Waals surface area (Å²) in [7, 11) is 1.55. The molecule has 2 atom stereocenters. The Kier molecular flexibility index (Phi) is 6.76. The largest absolute Gasteiger partial charge is 0.383 e. The maximum atomic E-state index is 12.3. The minimum absolute atomic E-state index is 0. The number of hydrogen-bond acceptors (Lipinski definition) is 3. The van der Waals surface area contributed by atoms with Gasteiger partial charge in [-0.25, -0.2) is 0 Å². The van der Waals surface area contributed by atoms with Crippen molar-refractivity contribution in [2.75, 3.05) is 20.3 Å². The molecular formula is C14H20Cl2N2O2. The van der Waals surface area contributed by atoms with Crippen molar-refractivity contribution in [1.82, 2.24) is 4.90 Å². The van der Waals surface area contributed by atoms with Gasteiger partial charge in [0.2, 0.25) is 5.91 Å². The summed E-state index contributed by atoms with van der Waals surface area (Å²) in [5, 5.41) is 0.704. The summed E-state index contributed by atoms with van der Waals surface area (Å²) in [5.41, 5.74) is 6.95. The van der Waals surface area contributed by atoms with Crippen LogP contribution in [0, 0.1) is 0 Å². The molecule has 2 unspecified atom stereocenters. The Balaban J connectivity index is 0.00000200. The van der Waals surface area contributed by atoms with E-state index in [9.17, 15) is 4.79 Å². The minimum Gasteiger partial charge on any atom is -0.383 e. The molecule has 0 aromatic heterocycles. The maximum absolute atomic E-state index is 12.3. The average molecular weight is 319 g/mol. The number of nitrogens with two attached hydrogens (primary N) is 1. The smallest absolute Gasteiger partial charge is 0.242 e. The molecule has 1 heterocycles. The highest BCUT2D eigenvalue weighted by molar-refractivity contribution is 6.30. The summed E-state index contributed by atoms with van der Waals surface area (Å²) in [5.74, 6) is -0.0423. The zero-order valence-electron chi connectivity index (χ0n) is 11.4. The molecule has 2 rings (SSSR count). The van der Waals surface area contributed by atoms with Crippen LogP contribution in [-0.2, 0) is 9.53 Å². The van der Waals surface area contributed by atoms with Crippen molar-refractivity contribution in [2.45, 2.75) is 24.9 Å². The van der Waals surface area contributed by atoms with Crippen molar-refractivity contribution in [3.8, 4) is 0 Å². The molecule has 1 amide bonds. The summed E-state index contributed by atoms with van der Waals surface area (Å²) in [4.78, 5) is 14.1. The van der Waals surface area contributed by atoms with Gasteiger partial charge in [0.1, 0.15) is 6.04 Å². The Bertz CT molecular complexity index is 439. The fraction of sp³-hybridized carbons (Fsp3) is 0.500. The zero-order chi connectivity index (χ0) is 13.8. The topological polar surface area (TPSA) is 55.6 Å². The molecule has 0 aliphatic carbocycles. The van der Waals surface area contributed by atoms with Crippen LogP contribution in [0.5, 0.6) is 0 Å². The fourth-order valence-electron chi connectivity index (χ4n) is 2.53. The SMILES string of the molecule is COCC(N)C(=O)N1CCCC1c1ccc(Cl)cc1.Cl. The summed E-state index contributed by atoms with van der Waals surface area (Å²) in [6.07, 6.45) is 1.96. The summed E-state index contributed by atoms with van der Waals surface area (Å²) >= 11 is 5.89. The second kappa shape index (κ2) is 7.84. The van der Waals surface area contributed by atoms with Crippen molar-refractivity contribution < 1.29 is 9.53 Å². The van der Waals surface area contributed by atoms with Crippen LogP contribution in [-0.4, -0.2) is 37.1 Å². The molecule has 1 aliphatic rings. The molecule has 0 spiro atoms. The number of carbonyl (C=O) groups is 1. The first-order chi connectivity index (χ1) is 9.13. The predicted octanol–water partition coefficient (Wildman–Crippen LogP) is 2.40. The number of benzene rings is 1. The first-order valence-corrected chi connectivity index (χ1v) is 6.81. The lowest BCUT2D eigenvalue weighted by Gasteiger charge is -2.27. The third kappa shape index (κ3) is 3.85. The van der Waals surface area contributed by atoms with E-state index in [1.165, 1.54) is 0 Å². The third-order valence-corrected chi connectivity index (χ3v) is 3.71. The number of carbonyl (C=O) groups excluding carboxylic acids is 1. The molecule has 0 radical (unpaired) electrons. The molecule has 0 saturated carbocycles. The van der Waals surface area contributed by atoms with Crippen LogP contribution in [0.15, 0.2) is 24.3 Å². The molecule has 6 heteroatoms. The standard InChI is InChI=1S/C14H19ClN2O2.ClH/c1-19-9-12(16)14(18)17-8-2-3-13(17)10-4-6-11(15)7-5-10;/h4-7,12-13H,2-3,8-9,16H2,1H3;1H. The highest BCUT2D eigenvalue weighted by Crippen LogP contribution is 2.32. The lowest BCUT2D eigenvalue weighted by atomic mass is 10.0. The van der Waals surface area contributed by atoms with Crippen molar-refractivity contribution >= 4 is 29.9 Å². The Hall–Kier alpha value is -0.810. The number of rotatable bonds is 4. The molecule has 1 aliphatic heterocycles. The van der Waals surface area contributed by atoms with Gasteiger partial charge in [0, 0.05) is 18.7 Å². The van der Waals surface area contributed by atoms with Crippen LogP contribution >= 0.6 is 24.0 Å². The number of halogens is 2. The number of ether oxygens (including phenoxy) is 1. The van der Waals surface area contributed by atoms with Gasteiger partial charge < -0.3 is 15.4 Å². The van der Waals surface area contributed by atoms with Crippen LogP contribution in [0.3, 0.4) is 0 Å². The number of amides is 1. The van der Waals surface area contributed by atoms with Gasteiger partial charge in [0.05, 0.1) is 12.6 Å². The van der Waals surface area contributed by atoms with E-state index in [1.54, 1.807) is 7.11 Å². The number of methoxy groups -OCH3 is 1. The predicted molar refractivity (Wildman–Crippen MR) is 82.2 cm³/mol. The molecule has 0 bridgehead atoms. The summed E-state index contributed by atoms with van der Waals surface area (Å²) < 4.78 is 4.95. The van der Waals surface area contributed by atoms with E-state index in [0.29, 0.717) is 5.02 Å². The van der Waals surface area contributed by atoms with E-state index in [-0.39, 0.29) is 31.0 Å². The Morgan fingerprint density at radius 1 is 1.50 bits per heavy atom.